The maximum Gasteiger partial charge on any atom is 0.241 e. The molecule has 0 aromatic heterocycles. The molecule has 1 fully saturated rings. The first-order valence-corrected chi connectivity index (χ1v) is 11.0. The second-order valence-corrected chi connectivity index (χ2v) is 9.21. The van der Waals surface area contributed by atoms with Crippen molar-refractivity contribution in [3.63, 3.8) is 0 Å². The van der Waals surface area contributed by atoms with Gasteiger partial charge in [-0.3, -0.25) is 19.3 Å². The van der Waals surface area contributed by atoms with Crippen LogP contribution in [-0.4, -0.2) is 37.5 Å². The van der Waals surface area contributed by atoms with Crippen molar-refractivity contribution in [1.82, 2.24) is 9.62 Å². The summed E-state index contributed by atoms with van der Waals surface area (Å²) >= 11 is 0. The summed E-state index contributed by atoms with van der Waals surface area (Å²) < 4.78 is 27.3. The number of nitrogens with one attached hydrogen (secondary N) is 1. The summed E-state index contributed by atoms with van der Waals surface area (Å²) in [7, 11) is -3.81. The standard InChI is InChI=1S/C22H20N2O5S/c1-14-7-9-17(10-8-14)30(28,29)23-12-16-11-18-19(20(16)25)22(27)24(21(18)26)13-15-5-3-2-4-6-15/h2-11,18-19,23H,12-13H2,1H3/t18-,19-/m1/s1. The van der Waals surface area contributed by atoms with Gasteiger partial charge in [-0.05, 0) is 24.6 Å². The molecule has 4 rings (SSSR count). The zero-order valence-corrected chi connectivity index (χ0v) is 17.1. The fourth-order valence-corrected chi connectivity index (χ4v) is 4.74. The lowest BCUT2D eigenvalue weighted by Crippen LogP contribution is -2.34. The average molecular weight is 424 g/mol. The molecule has 1 aliphatic carbocycles. The van der Waals surface area contributed by atoms with Crippen LogP contribution in [-0.2, 0) is 31.0 Å². The number of Topliss-reactive ketones (excluding diaryl/α,β-unsaturated/α-hetero) is 1. The molecule has 1 N–H and O–H groups in total. The van der Waals surface area contributed by atoms with E-state index in [2.05, 4.69) is 4.72 Å². The third kappa shape index (κ3) is 3.59. The average Bonchev–Trinajstić information content (AvgIpc) is 3.17. The first kappa shape index (κ1) is 20.2. The van der Waals surface area contributed by atoms with E-state index in [0.29, 0.717) is 0 Å². The largest absolute Gasteiger partial charge is 0.294 e. The fraction of sp³-hybridized carbons (Fsp3) is 0.227. The number of carbonyl (C=O) groups is 3. The van der Waals surface area contributed by atoms with Crippen molar-refractivity contribution in [2.75, 3.05) is 6.54 Å². The monoisotopic (exact) mass is 424 g/mol. The molecule has 1 heterocycles. The van der Waals surface area contributed by atoms with E-state index in [4.69, 9.17) is 0 Å². The second-order valence-electron chi connectivity index (χ2n) is 7.45. The van der Waals surface area contributed by atoms with Crippen LogP contribution in [0.15, 0.2) is 71.1 Å². The number of fused-ring (bicyclic) bond motifs is 1. The summed E-state index contributed by atoms with van der Waals surface area (Å²) in [6.45, 7) is 1.70. The molecule has 30 heavy (non-hydrogen) atoms. The number of hydrogen-bond donors (Lipinski definition) is 1. The molecule has 0 unspecified atom stereocenters. The van der Waals surface area contributed by atoms with E-state index >= 15 is 0 Å². The molecule has 0 saturated carbocycles. The van der Waals surface area contributed by atoms with Crippen molar-refractivity contribution in [3.8, 4) is 0 Å². The Morgan fingerprint density at radius 1 is 0.933 bits per heavy atom. The SMILES string of the molecule is Cc1ccc(S(=O)(=O)NCC2=C[C@H]3C(=O)N(Cc4ccccc4)C(=O)[C@H]3C2=O)cc1. The topological polar surface area (TPSA) is 101 Å². The molecule has 2 amide bonds. The number of ketones is 1. The van der Waals surface area contributed by atoms with Gasteiger partial charge in [0, 0.05) is 12.1 Å². The predicted octanol–water partition coefficient (Wildman–Crippen LogP) is 1.58. The van der Waals surface area contributed by atoms with E-state index in [1.807, 2.05) is 25.1 Å². The number of benzene rings is 2. The minimum Gasteiger partial charge on any atom is -0.294 e. The third-order valence-electron chi connectivity index (χ3n) is 5.39. The summed E-state index contributed by atoms with van der Waals surface area (Å²) in [5.41, 5.74) is 1.86. The molecule has 0 radical (unpaired) electrons. The smallest absolute Gasteiger partial charge is 0.241 e. The normalized spacial score (nSPS) is 21.2. The molecule has 2 aromatic carbocycles. The van der Waals surface area contributed by atoms with Crippen LogP contribution < -0.4 is 4.72 Å². The number of amides is 2. The van der Waals surface area contributed by atoms with Gasteiger partial charge in [-0.1, -0.05) is 54.1 Å². The summed E-state index contributed by atoms with van der Waals surface area (Å²) in [6.07, 6.45) is 1.43. The molecular weight excluding hydrogens is 404 g/mol. The van der Waals surface area contributed by atoms with Crippen LogP contribution in [0.3, 0.4) is 0 Å². The van der Waals surface area contributed by atoms with Gasteiger partial charge in [-0.15, -0.1) is 0 Å². The lowest BCUT2D eigenvalue weighted by atomic mass is 9.97. The Morgan fingerprint density at radius 3 is 2.23 bits per heavy atom. The minimum atomic E-state index is -3.81. The highest BCUT2D eigenvalue weighted by atomic mass is 32.2. The molecule has 1 saturated heterocycles. The van der Waals surface area contributed by atoms with Gasteiger partial charge in [0.05, 0.1) is 17.4 Å². The van der Waals surface area contributed by atoms with Crippen LogP contribution >= 0.6 is 0 Å². The van der Waals surface area contributed by atoms with Gasteiger partial charge in [0.25, 0.3) is 0 Å². The van der Waals surface area contributed by atoms with Crippen LogP contribution in [0.1, 0.15) is 11.1 Å². The Kier molecular flexibility index (Phi) is 5.13. The highest BCUT2D eigenvalue weighted by Gasteiger charge is 2.54. The van der Waals surface area contributed by atoms with E-state index in [1.54, 1.807) is 24.3 Å². The fourth-order valence-electron chi connectivity index (χ4n) is 3.74. The molecular formula is C22H20N2O5S. The van der Waals surface area contributed by atoms with Gasteiger partial charge < -0.3 is 0 Å². The Bertz CT molecular complexity index is 1150. The van der Waals surface area contributed by atoms with Crippen molar-refractivity contribution in [2.24, 2.45) is 11.8 Å². The van der Waals surface area contributed by atoms with E-state index < -0.39 is 39.5 Å². The summed E-state index contributed by atoms with van der Waals surface area (Å²) in [6, 6.07) is 15.4. The molecule has 154 valence electrons. The second kappa shape index (κ2) is 7.62. The number of carbonyl (C=O) groups excluding carboxylic acids is 3. The van der Waals surface area contributed by atoms with E-state index in [1.165, 1.54) is 18.2 Å². The van der Waals surface area contributed by atoms with Crippen LogP contribution in [0.5, 0.6) is 0 Å². The molecule has 0 spiro atoms. The zero-order chi connectivity index (χ0) is 21.5. The van der Waals surface area contributed by atoms with Gasteiger partial charge in [-0.25, -0.2) is 13.1 Å². The number of imide groups is 1. The first-order chi connectivity index (χ1) is 14.3. The maximum absolute atomic E-state index is 12.7. The Labute approximate surface area is 174 Å². The molecule has 0 bridgehead atoms. The van der Waals surface area contributed by atoms with Crippen molar-refractivity contribution >= 4 is 27.6 Å². The van der Waals surface area contributed by atoms with Crippen molar-refractivity contribution in [1.29, 1.82) is 0 Å². The molecule has 2 aliphatic rings. The van der Waals surface area contributed by atoms with Crippen molar-refractivity contribution < 1.29 is 22.8 Å². The van der Waals surface area contributed by atoms with Crippen LogP contribution in [0.4, 0.5) is 0 Å². The van der Waals surface area contributed by atoms with Gasteiger partial charge in [0.2, 0.25) is 21.8 Å². The summed E-state index contributed by atoms with van der Waals surface area (Å²) in [5.74, 6) is -3.43. The molecule has 7 nitrogen and oxygen atoms in total. The van der Waals surface area contributed by atoms with E-state index in [0.717, 1.165) is 16.0 Å². The Balaban J connectivity index is 1.48. The maximum atomic E-state index is 12.7. The third-order valence-corrected chi connectivity index (χ3v) is 6.81. The minimum absolute atomic E-state index is 0.0838. The number of aryl methyl sites for hydroxylation is 1. The van der Waals surface area contributed by atoms with Gasteiger partial charge >= 0.3 is 0 Å². The Hall–Kier alpha value is -3.10. The van der Waals surface area contributed by atoms with Crippen LogP contribution in [0, 0.1) is 18.8 Å². The van der Waals surface area contributed by atoms with Crippen molar-refractivity contribution in [3.05, 3.63) is 77.4 Å². The quantitative estimate of drug-likeness (QED) is 0.561. The van der Waals surface area contributed by atoms with Gasteiger partial charge in [-0.2, -0.15) is 0 Å². The number of hydrogen-bond acceptors (Lipinski definition) is 5. The highest BCUT2D eigenvalue weighted by Crippen LogP contribution is 2.37. The Morgan fingerprint density at radius 2 is 1.60 bits per heavy atom. The molecule has 8 heteroatoms. The van der Waals surface area contributed by atoms with E-state index in [-0.39, 0.29) is 23.6 Å². The summed E-state index contributed by atoms with van der Waals surface area (Å²) in [5, 5.41) is 0. The van der Waals surface area contributed by atoms with Crippen LogP contribution in [0.2, 0.25) is 0 Å². The summed E-state index contributed by atoms with van der Waals surface area (Å²) in [4.78, 5) is 39.4. The number of likely N-dealkylation sites (tertiary alicyclic amines) is 1. The van der Waals surface area contributed by atoms with Gasteiger partial charge in [0.15, 0.2) is 5.78 Å². The molecule has 1 aliphatic heterocycles. The zero-order valence-electron chi connectivity index (χ0n) is 16.2. The lowest BCUT2D eigenvalue weighted by molar-refractivity contribution is -0.141. The molecule has 2 atom stereocenters. The van der Waals surface area contributed by atoms with Crippen LogP contribution in [0.25, 0.3) is 0 Å². The predicted molar refractivity (Wildman–Crippen MR) is 108 cm³/mol. The lowest BCUT2D eigenvalue weighted by Gasteiger charge is -2.15. The van der Waals surface area contributed by atoms with Crippen molar-refractivity contribution in [2.45, 2.75) is 18.4 Å². The van der Waals surface area contributed by atoms with Gasteiger partial charge in [0.1, 0.15) is 5.92 Å². The highest BCUT2D eigenvalue weighted by molar-refractivity contribution is 7.89. The molecule has 2 aromatic rings. The number of sulfonamides is 1. The first-order valence-electron chi connectivity index (χ1n) is 9.48. The number of rotatable bonds is 6. The van der Waals surface area contributed by atoms with E-state index in [9.17, 15) is 22.8 Å². The number of nitrogens with zero attached hydrogens (tertiary/aromatic N) is 1.